The molecule has 0 saturated carbocycles. The van der Waals surface area contributed by atoms with Crippen molar-refractivity contribution in [2.24, 2.45) is 5.73 Å². The molecular formula is C32H42FFmN6O8-. The summed E-state index contributed by atoms with van der Waals surface area (Å²) < 4.78 is 25.3. The van der Waals surface area contributed by atoms with E-state index in [0.717, 1.165) is 4.90 Å². The van der Waals surface area contributed by atoms with Crippen LogP contribution in [-0.2, 0) is 25.5 Å². The third-order valence-corrected chi connectivity index (χ3v) is 6.95. The predicted molar refractivity (Wildman–Crippen MR) is 170 cm³/mol. The van der Waals surface area contributed by atoms with E-state index in [1.807, 2.05) is 0 Å². The summed E-state index contributed by atoms with van der Waals surface area (Å²) in [7, 11) is 0. The number of halogens is 1. The molecule has 1 aliphatic rings. The molecule has 0 aliphatic carbocycles. The summed E-state index contributed by atoms with van der Waals surface area (Å²) in [5.74, 6) is -2.25. The van der Waals surface area contributed by atoms with Crippen molar-refractivity contribution in [2.75, 3.05) is 59.0 Å². The number of piperazine rings is 1. The molecule has 14 nitrogen and oxygen atoms in total. The van der Waals surface area contributed by atoms with Crippen LogP contribution in [0.3, 0.4) is 0 Å². The SMILES string of the molecule is CC(C)(C)OC(=O)NCCOCCN([C-]=O)CC(=O)N1CCN(C(=O)c2cc(CC(=N)c3ccccc3C(N)=O)ccc2F)CC1.O.[Fm]. The maximum absolute atomic E-state index is 14.8. The molecule has 3 rings (SSSR count). The van der Waals surface area contributed by atoms with E-state index in [-0.39, 0.29) is 93.7 Å². The van der Waals surface area contributed by atoms with Gasteiger partial charge in [0.05, 0.1) is 25.3 Å². The van der Waals surface area contributed by atoms with Crippen molar-refractivity contribution in [3.63, 3.8) is 0 Å². The first-order valence-corrected chi connectivity index (χ1v) is 14.8. The Bertz CT molecular complexity index is 1450. The monoisotopic (exact) mass is 914 g/mol. The van der Waals surface area contributed by atoms with Crippen LogP contribution in [0.15, 0.2) is 42.5 Å². The van der Waals surface area contributed by atoms with Crippen LogP contribution < -0.4 is 11.1 Å². The molecule has 2 aromatic carbocycles. The Morgan fingerprint density at radius 2 is 1.62 bits per heavy atom. The first-order chi connectivity index (χ1) is 21.8. The van der Waals surface area contributed by atoms with Crippen LogP contribution in [-0.4, -0.2) is 121 Å². The number of nitrogens with one attached hydrogen (secondary N) is 2. The van der Waals surface area contributed by atoms with Crippen molar-refractivity contribution >= 4 is 35.9 Å². The summed E-state index contributed by atoms with van der Waals surface area (Å²) in [5, 5.41) is 11.0. The van der Waals surface area contributed by atoms with Crippen molar-refractivity contribution in [1.82, 2.24) is 20.0 Å². The van der Waals surface area contributed by atoms with Gasteiger partial charge in [-0.15, -0.1) is 0 Å². The average molecular weight is 915 g/mol. The van der Waals surface area contributed by atoms with Gasteiger partial charge in [-0.1, -0.05) is 24.3 Å². The van der Waals surface area contributed by atoms with Crippen molar-refractivity contribution in [3.8, 4) is 0 Å². The van der Waals surface area contributed by atoms with E-state index in [4.69, 9.17) is 20.6 Å². The molecular weight excluding hydrogens is 872 g/mol. The Balaban J connectivity index is 0.00000576. The zero-order chi connectivity index (χ0) is 33.9. The first-order valence-electron chi connectivity index (χ1n) is 14.8. The second-order valence-corrected chi connectivity index (χ2v) is 11.6. The molecule has 268 valence electrons. The molecule has 1 aliphatic heterocycles. The number of carbonyl (C=O) groups is 4. The van der Waals surface area contributed by atoms with E-state index >= 15 is 0 Å². The van der Waals surface area contributed by atoms with Crippen molar-refractivity contribution in [3.05, 3.63) is 70.5 Å². The third-order valence-electron chi connectivity index (χ3n) is 6.95. The van der Waals surface area contributed by atoms with Gasteiger partial charge < -0.3 is 50.9 Å². The molecule has 1 saturated heterocycles. The zero-order valence-corrected chi connectivity index (χ0v) is 29.5. The van der Waals surface area contributed by atoms with Crippen LogP contribution in [0.25, 0.3) is 0 Å². The van der Waals surface area contributed by atoms with Gasteiger partial charge in [-0.25, -0.2) is 9.18 Å². The molecule has 6 N–H and O–H groups in total. The minimum Gasteiger partial charge on any atom is -0.520 e. The van der Waals surface area contributed by atoms with Gasteiger partial charge in [0.15, 0.2) is 0 Å². The maximum atomic E-state index is 14.8. The molecule has 2 aromatic rings. The molecule has 0 atom stereocenters. The Kier molecular flexibility index (Phi) is 15.3. The van der Waals surface area contributed by atoms with Crippen LogP contribution in [0.5, 0.6) is 0 Å². The summed E-state index contributed by atoms with van der Waals surface area (Å²) in [6.07, 6.45) is 1.20. The summed E-state index contributed by atoms with van der Waals surface area (Å²) in [4.78, 5) is 64.9. The number of hydrogen-bond donors (Lipinski definition) is 3. The van der Waals surface area contributed by atoms with Gasteiger partial charge in [0.1, 0.15) is 11.4 Å². The number of carbonyl (C=O) groups excluding carboxylic acids is 5. The minimum atomic E-state index is -0.712. The van der Waals surface area contributed by atoms with Crippen LogP contribution >= 0.6 is 0 Å². The van der Waals surface area contributed by atoms with Crippen LogP contribution in [0.1, 0.15) is 52.6 Å². The quantitative estimate of drug-likeness (QED) is 0.108. The third kappa shape index (κ3) is 11.8. The van der Waals surface area contributed by atoms with Gasteiger partial charge in [0.2, 0.25) is 11.8 Å². The normalized spacial score (nSPS) is 12.6. The van der Waals surface area contributed by atoms with Gasteiger partial charge in [0, 0.05) is 62.5 Å². The standard InChI is InChI=1S/C32H40FN6O7.Fm.H2O/c1-32(2,3)46-31(44)36-10-16-45-17-15-37(21-40)20-28(41)38-11-13-39(14-12-38)30(43)25-18-22(8-9-26(25)33)19-27(34)23-6-4-5-7-24(23)29(35)42;;/h4-9,18,34H,10-17,19-20H2,1-3H3,(H2,35,42)(H,36,44);;1H2/q-1;;. The number of nitrogens with zero attached hydrogens (tertiary/aromatic N) is 3. The van der Waals surface area contributed by atoms with Crippen LogP contribution in [0.4, 0.5) is 9.18 Å². The van der Waals surface area contributed by atoms with Crippen LogP contribution in [0.2, 0.25) is 0 Å². The molecule has 16 heteroatoms. The number of alkyl carbamates (subject to hydrolysis) is 1. The molecule has 0 unspecified atom stereocenters. The summed E-state index contributed by atoms with van der Waals surface area (Å²) >= 11 is 0. The fourth-order valence-corrected chi connectivity index (χ4v) is 4.67. The second-order valence-electron chi connectivity index (χ2n) is 11.6. The predicted octanol–water partition coefficient (Wildman–Crippen LogP) is 0.905. The molecule has 1 heterocycles. The number of ether oxygens (including phenoxy) is 2. The summed E-state index contributed by atoms with van der Waals surface area (Å²) in [6.45, 7) is 6.39. The molecule has 48 heavy (non-hydrogen) atoms. The van der Waals surface area contributed by atoms with E-state index in [0.29, 0.717) is 11.1 Å². The Labute approximate surface area is 272 Å². The molecule has 5 amide bonds. The second kappa shape index (κ2) is 18.3. The number of rotatable bonds is 14. The Morgan fingerprint density at radius 3 is 2.23 bits per heavy atom. The van der Waals surface area contributed by atoms with Gasteiger partial charge in [-0.3, -0.25) is 14.4 Å². The zero-order valence-electron chi connectivity index (χ0n) is 27.1. The Hall–Kier alpha value is -5.89. The minimum absolute atomic E-state index is 0. The van der Waals surface area contributed by atoms with Gasteiger partial charge in [-0.2, -0.15) is 6.41 Å². The van der Waals surface area contributed by atoms with Gasteiger partial charge in [-0.05, 0) is 44.5 Å². The Morgan fingerprint density at radius 1 is 1.00 bits per heavy atom. The fourth-order valence-electron chi connectivity index (χ4n) is 4.67. The fraction of sp³-hybridized carbons (Fsp3) is 0.438. The number of nitrogens with two attached hydrogens (primary N) is 1. The molecule has 1 fully saturated rings. The summed E-state index contributed by atoms with van der Waals surface area (Å²) in [5.41, 5.74) is 5.82. The van der Waals surface area contributed by atoms with E-state index in [9.17, 15) is 28.4 Å². The van der Waals surface area contributed by atoms with E-state index in [2.05, 4.69) is 5.32 Å². The topological polar surface area (TPSA) is 207 Å². The maximum Gasteiger partial charge on any atom is 0.407 e. The molecule has 0 aromatic heterocycles. The smallest absolute Gasteiger partial charge is 0.407 e. The molecule has 0 radical (unpaired) electrons. The molecule has 0 spiro atoms. The number of primary amides is 1. The van der Waals surface area contributed by atoms with Crippen molar-refractivity contribution in [1.29, 1.82) is 5.41 Å². The van der Waals surface area contributed by atoms with Gasteiger partial charge >= 0.3 is 6.09 Å². The van der Waals surface area contributed by atoms with E-state index in [1.54, 1.807) is 45.4 Å². The average Bonchev–Trinajstić information content (AvgIpc) is 3.01. The number of hydrogen-bond acceptors (Lipinski definition) is 8. The first kappa shape index (κ1) is 40.1. The largest absolute Gasteiger partial charge is 0.520 e. The van der Waals surface area contributed by atoms with Crippen LogP contribution in [0, 0.1) is 11.2 Å². The summed E-state index contributed by atoms with van der Waals surface area (Å²) in [6, 6.07) is 10.5. The molecule has 0 bridgehead atoms. The number of amides is 5. The van der Waals surface area contributed by atoms with E-state index in [1.165, 1.54) is 34.1 Å². The van der Waals surface area contributed by atoms with Crippen molar-refractivity contribution < 1.29 is 43.3 Å². The van der Waals surface area contributed by atoms with Gasteiger partial charge in [0.25, 0.3) is 5.91 Å². The number of benzene rings is 2. The van der Waals surface area contributed by atoms with Crippen molar-refractivity contribution in [2.45, 2.75) is 32.8 Å². The van der Waals surface area contributed by atoms with E-state index < -0.39 is 29.3 Å².